The number of piperidine rings is 1. The van der Waals surface area contributed by atoms with Gasteiger partial charge in [0.2, 0.25) is 0 Å². The highest BCUT2D eigenvalue weighted by Crippen LogP contribution is 2.30. The summed E-state index contributed by atoms with van der Waals surface area (Å²) in [7, 11) is 3.58. The Morgan fingerprint density at radius 3 is 2.75 bits per heavy atom. The van der Waals surface area contributed by atoms with Gasteiger partial charge in [0.25, 0.3) is 0 Å². The molecular formula is C24H41IN4O3. The van der Waals surface area contributed by atoms with Gasteiger partial charge in [-0.3, -0.25) is 9.89 Å². The summed E-state index contributed by atoms with van der Waals surface area (Å²) in [6.07, 6.45) is 5.91. The van der Waals surface area contributed by atoms with Crippen molar-refractivity contribution in [3.63, 3.8) is 0 Å². The Kier molecular flexibility index (Phi) is 13.3. The van der Waals surface area contributed by atoms with Crippen LogP contribution in [0.5, 0.6) is 5.75 Å². The number of halogens is 1. The Hall–Kier alpha value is -1.10. The molecule has 182 valence electrons. The second kappa shape index (κ2) is 15.7. The van der Waals surface area contributed by atoms with Crippen LogP contribution in [-0.2, 0) is 9.47 Å². The fourth-order valence-electron chi connectivity index (χ4n) is 4.37. The van der Waals surface area contributed by atoms with E-state index in [2.05, 4.69) is 38.7 Å². The van der Waals surface area contributed by atoms with E-state index in [1.54, 1.807) is 7.11 Å². The Balaban J connectivity index is 0.00000363. The number of hydrogen-bond acceptors (Lipinski definition) is 5. The van der Waals surface area contributed by atoms with Crippen LogP contribution >= 0.6 is 24.0 Å². The second-order valence-corrected chi connectivity index (χ2v) is 8.39. The lowest BCUT2D eigenvalue weighted by Gasteiger charge is -2.35. The molecule has 2 heterocycles. The summed E-state index contributed by atoms with van der Waals surface area (Å²) in [4.78, 5) is 6.98. The van der Waals surface area contributed by atoms with Crippen molar-refractivity contribution < 1.29 is 14.2 Å². The number of ether oxygens (including phenoxy) is 3. The Bertz CT molecular complexity index is 664. The van der Waals surface area contributed by atoms with Crippen LogP contribution in [0.4, 0.5) is 0 Å². The fraction of sp³-hybridized carbons (Fsp3) is 0.708. The van der Waals surface area contributed by atoms with Crippen LogP contribution < -0.4 is 15.4 Å². The van der Waals surface area contributed by atoms with Crippen molar-refractivity contribution >= 4 is 29.9 Å². The molecule has 3 rings (SSSR count). The fourth-order valence-corrected chi connectivity index (χ4v) is 4.37. The predicted octanol–water partition coefficient (Wildman–Crippen LogP) is 3.45. The monoisotopic (exact) mass is 560 g/mol. The van der Waals surface area contributed by atoms with E-state index in [1.165, 1.54) is 24.8 Å². The lowest BCUT2D eigenvalue weighted by atomic mass is 10.0. The maximum absolute atomic E-state index is 5.79. The summed E-state index contributed by atoms with van der Waals surface area (Å²) >= 11 is 0. The highest BCUT2D eigenvalue weighted by atomic mass is 127. The molecule has 0 bridgehead atoms. The summed E-state index contributed by atoms with van der Waals surface area (Å²) < 4.78 is 16.9. The van der Waals surface area contributed by atoms with Gasteiger partial charge in [-0.1, -0.05) is 24.6 Å². The predicted molar refractivity (Wildman–Crippen MR) is 140 cm³/mol. The topological polar surface area (TPSA) is 67.4 Å². The van der Waals surface area contributed by atoms with Crippen LogP contribution in [0.15, 0.2) is 29.3 Å². The van der Waals surface area contributed by atoms with E-state index in [9.17, 15) is 0 Å². The standard InChI is InChI=1S/C24H40N4O3.HI/c1-25-24(26-12-8-15-30-18-20-11-16-31-19-20)27-17-22(28-13-6-3-7-14-28)21-9-4-5-10-23(21)29-2;/h4-5,9-10,20,22H,3,6-8,11-19H2,1-2H3,(H2,25,26,27);1H. The van der Waals surface area contributed by atoms with E-state index < -0.39 is 0 Å². The van der Waals surface area contributed by atoms with Crippen LogP contribution in [0.25, 0.3) is 0 Å². The minimum atomic E-state index is 0. The van der Waals surface area contributed by atoms with Crippen molar-refractivity contribution in [2.75, 3.05) is 66.8 Å². The van der Waals surface area contributed by atoms with Gasteiger partial charge in [0.15, 0.2) is 5.96 Å². The van der Waals surface area contributed by atoms with E-state index in [-0.39, 0.29) is 30.0 Å². The maximum atomic E-state index is 5.79. The summed E-state index contributed by atoms with van der Waals surface area (Å²) in [5.41, 5.74) is 1.24. The first-order valence-corrected chi connectivity index (χ1v) is 11.8. The molecule has 2 atom stereocenters. The minimum absolute atomic E-state index is 0. The lowest BCUT2D eigenvalue weighted by Crippen LogP contribution is -2.44. The molecule has 2 saturated heterocycles. The van der Waals surface area contributed by atoms with Gasteiger partial charge in [-0.15, -0.1) is 24.0 Å². The molecule has 2 aliphatic heterocycles. The largest absolute Gasteiger partial charge is 0.496 e. The van der Waals surface area contributed by atoms with Gasteiger partial charge in [-0.25, -0.2) is 0 Å². The average molecular weight is 561 g/mol. The van der Waals surface area contributed by atoms with Gasteiger partial charge < -0.3 is 24.8 Å². The van der Waals surface area contributed by atoms with Gasteiger partial charge >= 0.3 is 0 Å². The quantitative estimate of drug-likeness (QED) is 0.187. The van der Waals surface area contributed by atoms with Gasteiger partial charge in [0.1, 0.15) is 5.75 Å². The molecule has 7 nitrogen and oxygen atoms in total. The Morgan fingerprint density at radius 1 is 1.22 bits per heavy atom. The molecule has 0 radical (unpaired) electrons. The molecule has 0 saturated carbocycles. The maximum Gasteiger partial charge on any atom is 0.191 e. The average Bonchev–Trinajstić information content (AvgIpc) is 3.34. The number of likely N-dealkylation sites (tertiary alicyclic amines) is 1. The van der Waals surface area contributed by atoms with Gasteiger partial charge in [-0.2, -0.15) is 0 Å². The zero-order valence-electron chi connectivity index (χ0n) is 19.7. The third-order valence-corrected chi connectivity index (χ3v) is 6.15. The van der Waals surface area contributed by atoms with Gasteiger partial charge in [-0.05, 0) is 44.8 Å². The van der Waals surface area contributed by atoms with Crippen molar-refractivity contribution in [3.05, 3.63) is 29.8 Å². The number of guanidine groups is 1. The van der Waals surface area contributed by atoms with Crippen molar-refractivity contribution in [2.24, 2.45) is 10.9 Å². The molecule has 2 unspecified atom stereocenters. The van der Waals surface area contributed by atoms with Crippen LogP contribution in [-0.4, -0.2) is 77.6 Å². The van der Waals surface area contributed by atoms with Gasteiger partial charge in [0.05, 0.1) is 26.4 Å². The number of rotatable bonds is 11. The summed E-state index contributed by atoms with van der Waals surface area (Å²) in [6, 6.07) is 8.62. The third-order valence-electron chi connectivity index (χ3n) is 6.15. The molecule has 2 fully saturated rings. The zero-order valence-corrected chi connectivity index (χ0v) is 22.0. The molecule has 8 heteroatoms. The summed E-state index contributed by atoms with van der Waals surface area (Å²) in [6.45, 7) is 7.17. The molecule has 2 N–H and O–H groups in total. The second-order valence-electron chi connectivity index (χ2n) is 8.39. The Labute approximate surface area is 210 Å². The van der Waals surface area contributed by atoms with E-state index >= 15 is 0 Å². The first-order chi connectivity index (χ1) is 15.3. The van der Waals surface area contributed by atoms with E-state index in [4.69, 9.17) is 14.2 Å². The summed E-state index contributed by atoms with van der Waals surface area (Å²) in [5.74, 6) is 2.36. The van der Waals surface area contributed by atoms with Crippen LogP contribution in [0, 0.1) is 5.92 Å². The van der Waals surface area contributed by atoms with E-state index in [0.29, 0.717) is 5.92 Å². The van der Waals surface area contributed by atoms with Crippen LogP contribution in [0.1, 0.15) is 43.7 Å². The smallest absolute Gasteiger partial charge is 0.191 e. The first kappa shape index (κ1) is 27.1. The summed E-state index contributed by atoms with van der Waals surface area (Å²) in [5, 5.41) is 6.96. The normalized spacial score (nSPS) is 20.4. The van der Waals surface area contributed by atoms with Crippen molar-refractivity contribution in [1.82, 2.24) is 15.5 Å². The van der Waals surface area contributed by atoms with Crippen LogP contribution in [0.3, 0.4) is 0 Å². The van der Waals surface area contributed by atoms with E-state index in [1.807, 2.05) is 13.1 Å². The lowest BCUT2D eigenvalue weighted by molar-refractivity contribution is 0.0888. The van der Waals surface area contributed by atoms with Crippen molar-refractivity contribution in [3.8, 4) is 5.75 Å². The molecular weight excluding hydrogens is 519 g/mol. The molecule has 1 aromatic rings. The Morgan fingerprint density at radius 2 is 2.03 bits per heavy atom. The number of nitrogens with one attached hydrogen (secondary N) is 2. The van der Waals surface area contributed by atoms with E-state index in [0.717, 1.165) is 77.2 Å². The zero-order chi connectivity index (χ0) is 21.7. The number of aliphatic imine (C=N–C) groups is 1. The molecule has 0 spiro atoms. The number of hydrogen-bond donors (Lipinski definition) is 2. The molecule has 1 aromatic carbocycles. The number of nitrogens with zero attached hydrogens (tertiary/aromatic N) is 2. The van der Waals surface area contributed by atoms with Crippen molar-refractivity contribution in [2.45, 2.75) is 38.1 Å². The minimum Gasteiger partial charge on any atom is -0.496 e. The molecule has 0 aromatic heterocycles. The molecule has 32 heavy (non-hydrogen) atoms. The van der Waals surface area contributed by atoms with Crippen LogP contribution in [0.2, 0.25) is 0 Å². The molecule has 2 aliphatic rings. The third kappa shape index (κ3) is 8.68. The number of benzene rings is 1. The number of methoxy groups -OCH3 is 1. The highest BCUT2D eigenvalue weighted by molar-refractivity contribution is 14.0. The highest BCUT2D eigenvalue weighted by Gasteiger charge is 2.25. The number of para-hydroxylation sites is 1. The SMILES string of the molecule is CN=C(NCCCOCC1CCOC1)NCC(c1ccccc1OC)N1CCCCC1.I. The van der Waals surface area contributed by atoms with Gasteiger partial charge in [0, 0.05) is 44.8 Å². The molecule has 0 aliphatic carbocycles. The first-order valence-electron chi connectivity index (χ1n) is 11.8. The van der Waals surface area contributed by atoms with Crippen molar-refractivity contribution in [1.29, 1.82) is 0 Å². The molecule has 0 amide bonds.